The van der Waals surface area contributed by atoms with Gasteiger partial charge in [0.2, 0.25) is 5.91 Å². The van der Waals surface area contributed by atoms with Crippen LogP contribution in [0.15, 0.2) is 54.7 Å². The van der Waals surface area contributed by atoms with Crippen molar-refractivity contribution in [2.45, 2.75) is 33.0 Å². The summed E-state index contributed by atoms with van der Waals surface area (Å²) in [6.45, 7) is 3.82. The fourth-order valence-corrected chi connectivity index (χ4v) is 3.31. The Bertz CT molecular complexity index is 1140. The monoisotopic (exact) mass is 478 g/mol. The largest absolute Gasteiger partial charge is 0.434 e. The third kappa shape index (κ3) is 6.35. The van der Waals surface area contributed by atoms with Gasteiger partial charge in [0.25, 0.3) is 5.91 Å². The van der Waals surface area contributed by atoms with Crippen LogP contribution in [0.3, 0.4) is 0 Å². The predicted molar refractivity (Wildman–Crippen MR) is 119 cm³/mol. The lowest BCUT2D eigenvalue weighted by Crippen LogP contribution is -2.26. The van der Waals surface area contributed by atoms with Crippen LogP contribution in [0, 0.1) is 5.92 Å². The lowest BCUT2D eigenvalue weighted by Gasteiger charge is -2.13. The number of rotatable bonds is 7. The number of hydrogen-bond donors (Lipinski definition) is 2. The standard InChI is InChI=1S/C23H22ClF3N4O2/c1-14(2)10-20(32)30-17-5-3-4-15(11-17)12-28-22(33)19-13-29-31(21(19)23(25,26)27)18-8-6-16(24)7-9-18/h3-9,11,13-14H,10,12H2,1-2H3,(H,28,33)(H,30,32). The second-order valence-corrected chi connectivity index (χ2v) is 8.26. The number of hydrogen-bond acceptors (Lipinski definition) is 3. The van der Waals surface area contributed by atoms with E-state index < -0.39 is 23.3 Å². The van der Waals surface area contributed by atoms with Crippen molar-refractivity contribution in [3.05, 3.63) is 76.6 Å². The second-order valence-electron chi connectivity index (χ2n) is 7.82. The van der Waals surface area contributed by atoms with Gasteiger partial charge in [0.15, 0.2) is 5.69 Å². The van der Waals surface area contributed by atoms with Crippen LogP contribution in [-0.2, 0) is 17.5 Å². The number of alkyl halides is 3. The van der Waals surface area contributed by atoms with Gasteiger partial charge < -0.3 is 10.6 Å². The quantitative estimate of drug-likeness (QED) is 0.473. The fourth-order valence-electron chi connectivity index (χ4n) is 3.18. The van der Waals surface area contributed by atoms with Gasteiger partial charge in [-0.1, -0.05) is 37.6 Å². The van der Waals surface area contributed by atoms with Crippen LogP contribution >= 0.6 is 11.6 Å². The molecule has 0 aliphatic carbocycles. The van der Waals surface area contributed by atoms with Crippen molar-refractivity contribution in [2.24, 2.45) is 5.92 Å². The lowest BCUT2D eigenvalue weighted by molar-refractivity contribution is -0.143. The Kier molecular flexibility index (Phi) is 7.43. The zero-order valence-corrected chi connectivity index (χ0v) is 18.7. The minimum atomic E-state index is -4.82. The van der Waals surface area contributed by atoms with Crippen LogP contribution < -0.4 is 10.6 Å². The maximum Gasteiger partial charge on any atom is 0.434 e. The van der Waals surface area contributed by atoms with Crippen LogP contribution in [0.4, 0.5) is 18.9 Å². The number of carbonyl (C=O) groups excluding carboxylic acids is 2. The van der Waals surface area contributed by atoms with E-state index in [0.717, 1.165) is 6.20 Å². The molecule has 0 spiro atoms. The third-order valence-corrected chi connectivity index (χ3v) is 4.86. The number of nitrogens with one attached hydrogen (secondary N) is 2. The summed E-state index contributed by atoms with van der Waals surface area (Å²) in [4.78, 5) is 24.6. The summed E-state index contributed by atoms with van der Waals surface area (Å²) in [6, 6.07) is 12.4. The SMILES string of the molecule is CC(C)CC(=O)Nc1cccc(CNC(=O)c2cnn(-c3ccc(Cl)cc3)c2C(F)(F)F)c1. The summed E-state index contributed by atoms with van der Waals surface area (Å²) >= 11 is 5.81. The van der Waals surface area contributed by atoms with Gasteiger partial charge in [-0.2, -0.15) is 18.3 Å². The predicted octanol–water partition coefficient (Wildman–Crippen LogP) is 5.46. The molecule has 1 aromatic heterocycles. The molecule has 0 saturated carbocycles. The molecule has 0 radical (unpaired) electrons. The van der Waals surface area contributed by atoms with Crippen LogP contribution in [0.5, 0.6) is 0 Å². The highest BCUT2D eigenvalue weighted by molar-refractivity contribution is 6.30. The van der Waals surface area contributed by atoms with Gasteiger partial charge in [-0.15, -0.1) is 0 Å². The van der Waals surface area contributed by atoms with Gasteiger partial charge in [0.05, 0.1) is 17.4 Å². The Hall–Kier alpha value is -3.33. The van der Waals surface area contributed by atoms with Crippen LogP contribution in [0.2, 0.25) is 5.02 Å². The highest BCUT2D eigenvalue weighted by atomic mass is 35.5. The molecule has 2 N–H and O–H groups in total. The first-order valence-corrected chi connectivity index (χ1v) is 10.5. The number of aromatic nitrogens is 2. The number of halogens is 4. The van der Waals surface area contributed by atoms with Crippen LogP contribution in [0.25, 0.3) is 5.69 Å². The van der Waals surface area contributed by atoms with Gasteiger partial charge in [-0.25, -0.2) is 4.68 Å². The van der Waals surface area contributed by atoms with Gasteiger partial charge >= 0.3 is 6.18 Å². The van der Waals surface area contributed by atoms with Crippen molar-refractivity contribution >= 4 is 29.1 Å². The number of anilines is 1. The molecule has 0 fully saturated rings. The number of carbonyl (C=O) groups is 2. The van der Waals surface area contributed by atoms with Crippen molar-refractivity contribution in [1.82, 2.24) is 15.1 Å². The van der Waals surface area contributed by atoms with E-state index in [4.69, 9.17) is 11.6 Å². The third-order valence-electron chi connectivity index (χ3n) is 4.61. The minimum Gasteiger partial charge on any atom is -0.348 e. The maximum absolute atomic E-state index is 13.8. The molecule has 0 saturated heterocycles. The lowest BCUT2D eigenvalue weighted by atomic mass is 10.1. The van der Waals surface area contributed by atoms with E-state index in [0.29, 0.717) is 27.4 Å². The molecule has 3 aromatic rings. The highest BCUT2D eigenvalue weighted by Gasteiger charge is 2.40. The number of benzene rings is 2. The topological polar surface area (TPSA) is 76.0 Å². The Morgan fingerprint density at radius 3 is 2.45 bits per heavy atom. The van der Waals surface area contributed by atoms with E-state index in [9.17, 15) is 22.8 Å². The molecule has 10 heteroatoms. The molecule has 2 amide bonds. The van der Waals surface area contributed by atoms with E-state index in [-0.39, 0.29) is 24.1 Å². The van der Waals surface area contributed by atoms with Gasteiger partial charge in [0.1, 0.15) is 0 Å². The fraction of sp³-hybridized carbons (Fsp3) is 0.261. The van der Waals surface area contributed by atoms with Crippen molar-refractivity contribution in [1.29, 1.82) is 0 Å². The normalized spacial score (nSPS) is 11.5. The van der Waals surface area contributed by atoms with Crippen molar-refractivity contribution in [3.8, 4) is 5.69 Å². The van der Waals surface area contributed by atoms with Crippen molar-refractivity contribution < 1.29 is 22.8 Å². The van der Waals surface area contributed by atoms with Crippen LogP contribution in [-0.4, -0.2) is 21.6 Å². The smallest absolute Gasteiger partial charge is 0.348 e. The average Bonchev–Trinajstić information content (AvgIpc) is 3.18. The molecule has 0 bridgehead atoms. The molecule has 6 nitrogen and oxygen atoms in total. The summed E-state index contributed by atoms with van der Waals surface area (Å²) in [5.41, 5.74) is -0.505. The molecule has 1 heterocycles. The molecular weight excluding hydrogens is 457 g/mol. The molecule has 0 unspecified atom stereocenters. The van der Waals surface area contributed by atoms with E-state index in [1.54, 1.807) is 24.3 Å². The summed E-state index contributed by atoms with van der Waals surface area (Å²) in [7, 11) is 0. The van der Waals surface area contributed by atoms with Gasteiger partial charge in [-0.05, 0) is 47.9 Å². The zero-order valence-electron chi connectivity index (χ0n) is 17.9. The molecule has 0 aliphatic rings. The first-order chi connectivity index (χ1) is 15.5. The summed E-state index contributed by atoms with van der Waals surface area (Å²) in [5, 5.41) is 9.39. The first kappa shape index (κ1) is 24.3. The Morgan fingerprint density at radius 2 is 1.82 bits per heavy atom. The molecule has 0 aliphatic heterocycles. The first-order valence-electron chi connectivity index (χ1n) is 10.1. The molecule has 2 aromatic carbocycles. The highest BCUT2D eigenvalue weighted by Crippen LogP contribution is 2.34. The molecule has 174 valence electrons. The number of amides is 2. The molecule has 0 atom stereocenters. The van der Waals surface area contributed by atoms with Gasteiger partial charge in [-0.3, -0.25) is 9.59 Å². The Balaban J connectivity index is 1.77. The van der Waals surface area contributed by atoms with Crippen molar-refractivity contribution in [3.63, 3.8) is 0 Å². The number of nitrogens with zero attached hydrogens (tertiary/aromatic N) is 2. The Labute approximate surface area is 193 Å². The van der Waals surface area contributed by atoms with Crippen LogP contribution in [0.1, 0.15) is 41.9 Å². The summed E-state index contributed by atoms with van der Waals surface area (Å²) in [5.74, 6) is -0.864. The van der Waals surface area contributed by atoms with E-state index >= 15 is 0 Å². The maximum atomic E-state index is 13.8. The summed E-state index contributed by atoms with van der Waals surface area (Å²) < 4.78 is 42.0. The molecule has 33 heavy (non-hydrogen) atoms. The van der Waals surface area contributed by atoms with E-state index in [1.807, 2.05) is 13.8 Å². The van der Waals surface area contributed by atoms with E-state index in [1.165, 1.54) is 24.3 Å². The van der Waals surface area contributed by atoms with E-state index in [2.05, 4.69) is 15.7 Å². The Morgan fingerprint density at radius 1 is 1.12 bits per heavy atom. The molecular formula is C23H22ClF3N4O2. The zero-order chi connectivity index (χ0) is 24.2. The molecule has 3 rings (SSSR count). The minimum absolute atomic E-state index is 0.0316. The second kappa shape index (κ2) is 10.1. The van der Waals surface area contributed by atoms with Crippen molar-refractivity contribution in [2.75, 3.05) is 5.32 Å². The summed E-state index contributed by atoms with van der Waals surface area (Å²) in [6.07, 6.45) is -3.57. The van der Waals surface area contributed by atoms with Gasteiger partial charge in [0, 0.05) is 23.7 Å². The average molecular weight is 479 g/mol.